The molecule has 0 fully saturated rings. The summed E-state index contributed by atoms with van der Waals surface area (Å²) in [5.74, 6) is -2.18. The first-order valence-electron chi connectivity index (χ1n) is 6.35. The fraction of sp³-hybridized carbons (Fsp3) is 0.750. The standard InChI is InChI=1S/C12H23N3O4/c1-3-12(4-2,7-13)11(19)15-8(10(17)18)5-6-9(14)16/h8H,3-7,13H2,1-2H3,(H2,14,16)(H,15,19)(H,17,18)/t8-/m0/s1. The molecule has 0 aliphatic rings. The third-order valence-electron chi connectivity index (χ3n) is 3.51. The highest BCUT2D eigenvalue weighted by Gasteiger charge is 2.35. The normalized spacial score (nSPS) is 12.8. The van der Waals surface area contributed by atoms with Crippen molar-refractivity contribution in [2.45, 2.75) is 45.6 Å². The minimum absolute atomic E-state index is 0.0233. The van der Waals surface area contributed by atoms with E-state index in [9.17, 15) is 14.4 Å². The monoisotopic (exact) mass is 273 g/mol. The van der Waals surface area contributed by atoms with Crippen LogP contribution in [0.5, 0.6) is 0 Å². The van der Waals surface area contributed by atoms with Crippen molar-refractivity contribution in [2.75, 3.05) is 6.54 Å². The number of hydrogen-bond donors (Lipinski definition) is 4. The van der Waals surface area contributed by atoms with E-state index >= 15 is 0 Å². The Labute approximate surface area is 112 Å². The smallest absolute Gasteiger partial charge is 0.326 e. The highest BCUT2D eigenvalue weighted by molar-refractivity contribution is 5.88. The van der Waals surface area contributed by atoms with Gasteiger partial charge in [-0.25, -0.2) is 4.79 Å². The van der Waals surface area contributed by atoms with Gasteiger partial charge < -0.3 is 21.9 Å². The largest absolute Gasteiger partial charge is 0.480 e. The summed E-state index contributed by atoms with van der Waals surface area (Å²) in [7, 11) is 0. The number of amides is 2. The van der Waals surface area contributed by atoms with Crippen LogP contribution in [0.1, 0.15) is 39.5 Å². The molecular formula is C12H23N3O4. The van der Waals surface area contributed by atoms with Gasteiger partial charge in [0.25, 0.3) is 0 Å². The predicted octanol–water partition coefficient (Wildman–Crippen LogP) is -0.414. The van der Waals surface area contributed by atoms with Crippen LogP contribution >= 0.6 is 0 Å². The Hall–Kier alpha value is -1.63. The lowest BCUT2D eigenvalue weighted by Crippen LogP contribution is -2.51. The number of nitrogens with two attached hydrogens (primary N) is 2. The van der Waals surface area contributed by atoms with Crippen molar-refractivity contribution in [2.24, 2.45) is 16.9 Å². The van der Waals surface area contributed by atoms with Crippen LogP contribution in [-0.4, -0.2) is 35.5 Å². The first kappa shape index (κ1) is 17.4. The molecule has 7 nitrogen and oxygen atoms in total. The van der Waals surface area contributed by atoms with E-state index in [4.69, 9.17) is 16.6 Å². The van der Waals surface area contributed by atoms with E-state index in [1.54, 1.807) is 0 Å². The Kier molecular flexibility index (Phi) is 7.06. The second kappa shape index (κ2) is 7.73. The SMILES string of the molecule is CCC(CC)(CN)C(=O)N[C@@H](CCC(N)=O)C(=O)O. The van der Waals surface area contributed by atoms with Gasteiger partial charge in [-0.15, -0.1) is 0 Å². The summed E-state index contributed by atoms with van der Waals surface area (Å²) in [4.78, 5) is 33.9. The predicted molar refractivity (Wildman–Crippen MR) is 70.1 cm³/mol. The number of carboxylic acid groups (broad SMARTS) is 1. The van der Waals surface area contributed by atoms with Crippen molar-refractivity contribution in [3.05, 3.63) is 0 Å². The number of hydrogen-bond acceptors (Lipinski definition) is 4. The average Bonchev–Trinajstić information content (AvgIpc) is 2.36. The third-order valence-corrected chi connectivity index (χ3v) is 3.51. The van der Waals surface area contributed by atoms with Crippen molar-refractivity contribution < 1.29 is 19.5 Å². The molecule has 110 valence electrons. The Bertz CT molecular complexity index is 332. The Morgan fingerprint density at radius 2 is 1.79 bits per heavy atom. The Balaban J connectivity index is 4.79. The maximum atomic E-state index is 12.1. The zero-order valence-electron chi connectivity index (χ0n) is 11.4. The van der Waals surface area contributed by atoms with Crippen molar-refractivity contribution in [3.8, 4) is 0 Å². The quantitative estimate of drug-likeness (QED) is 0.452. The van der Waals surface area contributed by atoms with Crippen LogP contribution in [0.25, 0.3) is 0 Å². The van der Waals surface area contributed by atoms with E-state index in [1.165, 1.54) is 0 Å². The van der Waals surface area contributed by atoms with Gasteiger partial charge >= 0.3 is 5.97 Å². The number of nitrogens with one attached hydrogen (secondary N) is 1. The van der Waals surface area contributed by atoms with E-state index in [1.807, 2.05) is 13.8 Å². The number of carbonyl (C=O) groups is 3. The highest BCUT2D eigenvalue weighted by atomic mass is 16.4. The Morgan fingerprint density at radius 3 is 2.11 bits per heavy atom. The summed E-state index contributed by atoms with van der Waals surface area (Å²) in [5.41, 5.74) is 9.83. The summed E-state index contributed by atoms with van der Waals surface area (Å²) in [6, 6.07) is -1.12. The van der Waals surface area contributed by atoms with E-state index in [2.05, 4.69) is 5.32 Å². The van der Waals surface area contributed by atoms with Crippen LogP contribution in [0.4, 0.5) is 0 Å². The molecule has 0 saturated carbocycles. The van der Waals surface area contributed by atoms with Gasteiger partial charge in [-0.05, 0) is 19.3 Å². The minimum atomic E-state index is -1.19. The van der Waals surface area contributed by atoms with Crippen LogP contribution in [0.2, 0.25) is 0 Å². The molecule has 0 rings (SSSR count). The zero-order valence-corrected chi connectivity index (χ0v) is 11.4. The molecule has 1 atom stereocenters. The summed E-state index contributed by atoms with van der Waals surface area (Å²) >= 11 is 0. The average molecular weight is 273 g/mol. The van der Waals surface area contributed by atoms with Crippen LogP contribution in [-0.2, 0) is 14.4 Å². The number of carboxylic acids is 1. The molecule has 0 aromatic carbocycles. The van der Waals surface area contributed by atoms with Gasteiger partial charge in [0.05, 0.1) is 5.41 Å². The fourth-order valence-corrected chi connectivity index (χ4v) is 1.81. The van der Waals surface area contributed by atoms with Crippen molar-refractivity contribution >= 4 is 17.8 Å². The zero-order chi connectivity index (χ0) is 15.1. The molecule has 0 unspecified atom stereocenters. The van der Waals surface area contributed by atoms with Crippen LogP contribution in [0, 0.1) is 5.41 Å². The molecular weight excluding hydrogens is 250 g/mol. The third kappa shape index (κ3) is 4.86. The van der Waals surface area contributed by atoms with Gasteiger partial charge in [0.2, 0.25) is 11.8 Å². The van der Waals surface area contributed by atoms with Gasteiger partial charge in [0, 0.05) is 13.0 Å². The van der Waals surface area contributed by atoms with E-state index in [0.29, 0.717) is 12.8 Å². The molecule has 2 amide bonds. The summed E-state index contributed by atoms with van der Waals surface area (Å²) in [6.07, 6.45) is 0.928. The van der Waals surface area contributed by atoms with E-state index < -0.39 is 29.2 Å². The maximum Gasteiger partial charge on any atom is 0.326 e. The molecule has 0 spiro atoms. The molecule has 6 N–H and O–H groups in total. The number of primary amides is 1. The molecule has 19 heavy (non-hydrogen) atoms. The topological polar surface area (TPSA) is 136 Å². The second-order valence-corrected chi connectivity index (χ2v) is 4.56. The molecule has 0 aliphatic carbocycles. The van der Waals surface area contributed by atoms with Crippen molar-refractivity contribution in [1.29, 1.82) is 0 Å². The fourth-order valence-electron chi connectivity index (χ4n) is 1.81. The molecule has 0 bridgehead atoms. The number of rotatable bonds is 9. The first-order valence-corrected chi connectivity index (χ1v) is 6.35. The van der Waals surface area contributed by atoms with Gasteiger partial charge in [-0.2, -0.15) is 0 Å². The minimum Gasteiger partial charge on any atom is -0.480 e. The molecule has 0 heterocycles. The second-order valence-electron chi connectivity index (χ2n) is 4.56. The lowest BCUT2D eigenvalue weighted by molar-refractivity contribution is -0.144. The molecule has 0 saturated heterocycles. The van der Waals surface area contributed by atoms with Gasteiger partial charge in [0.1, 0.15) is 6.04 Å². The summed E-state index contributed by atoms with van der Waals surface area (Å²) < 4.78 is 0. The summed E-state index contributed by atoms with van der Waals surface area (Å²) in [6.45, 7) is 3.80. The van der Waals surface area contributed by atoms with Crippen molar-refractivity contribution in [1.82, 2.24) is 5.32 Å². The molecule has 7 heteroatoms. The van der Waals surface area contributed by atoms with Crippen LogP contribution in [0.15, 0.2) is 0 Å². The van der Waals surface area contributed by atoms with Crippen molar-refractivity contribution in [3.63, 3.8) is 0 Å². The van der Waals surface area contributed by atoms with Crippen LogP contribution < -0.4 is 16.8 Å². The molecule has 0 aromatic rings. The lowest BCUT2D eigenvalue weighted by Gasteiger charge is -2.30. The Morgan fingerprint density at radius 1 is 1.26 bits per heavy atom. The number of carbonyl (C=O) groups excluding carboxylic acids is 2. The van der Waals surface area contributed by atoms with Gasteiger partial charge in [-0.3, -0.25) is 9.59 Å². The van der Waals surface area contributed by atoms with E-state index in [-0.39, 0.29) is 19.4 Å². The lowest BCUT2D eigenvalue weighted by atomic mass is 9.81. The van der Waals surface area contributed by atoms with Gasteiger partial charge in [0.15, 0.2) is 0 Å². The molecule has 0 aliphatic heterocycles. The first-order chi connectivity index (χ1) is 8.82. The highest BCUT2D eigenvalue weighted by Crippen LogP contribution is 2.25. The number of aliphatic carboxylic acids is 1. The van der Waals surface area contributed by atoms with E-state index in [0.717, 1.165) is 0 Å². The van der Waals surface area contributed by atoms with Crippen LogP contribution in [0.3, 0.4) is 0 Å². The molecule has 0 aromatic heterocycles. The summed E-state index contributed by atoms with van der Waals surface area (Å²) in [5, 5.41) is 11.5. The molecule has 0 radical (unpaired) electrons. The maximum absolute atomic E-state index is 12.1. The van der Waals surface area contributed by atoms with Gasteiger partial charge in [-0.1, -0.05) is 13.8 Å².